The van der Waals surface area contributed by atoms with E-state index >= 15 is 0 Å². The smallest absolute Gasteiger partial charge is 0.250 e. The molecular weight excluding hydrogens is 304 g/mol. The minimum Gasteiger partial charge on any atom is -0.367 e. The molecule has 0 saturated heterocycles. The van der Waals surface area contributed by atoms with Crippen molar-refractivity contribution >= 4 is 17.4 Å². The molecule has 1 amide bonds. The van der Waals surface area contributed by atoms with Crippen LogP contribution in [0.15, 0.2) is 42.5 Å². The lowest BCUT2D eigenvalue weighted by Crippen LogP contribution is -2.19. The van der Waals surface area contributed by atoms with Crippen molar-refractivity contribution in [3.63, 3.8) is 0 Å². The van der Waals surface area contributed by atoms with E-state index in [4.69, 9.17) is 4.74 Å². The number of ketones is 1. The number of carbonyl (C=O) groups is 2. The fourth-order valence-corrected chi connectivity index (χ4v) is 2.71. The first kappa shape index (κ1) is 15.9. The van der Waals surface area contributed by atoms with Crippen LogP contribution in [0.3, 0.4) is 0 Å². The van der Waals surface area contributed by atoms with Crippen molar-refractivity contribution in [3.05, 3.63) is 64.7 Å². The maximum Gasteiger partial charge on any atom is 0.250 e. The zero-order valence-corrected chi connectivity index (χ0v) is 13.0. The van der Waals surface area contributed by atoms with Gasteiger partial charge in [0.05, 0.1) is 17.9 Å². The minimum absolute atomic E-state index is 0.0468. The summed E-state index contributed by atoms with van der Waals surface area (Å²) < 4.78 is 5.39. The van der Waals surface area contributed by atoms with Gasteiger partial charge in [0.15, 0.2) is 5.78 Å². The normalized spacial score (nSPS) is 12.5. The van der Waals surface area contributed by atoms with Crippen molar-refractivity contribution in [1.82, 2.24) is 0 Å². The van der Waals surface area contributed by atoms with Crippen LogP contribution < -0.4 is 5.32 Å². The van der Waals surface area contributed by atoms with Crippen LogP contribution in [0.25, 0.3) is 0 Å². The van der Waals surface area contributed by atoms with Gasteiger partial charge in [0, 0.05) is 12.0 Å². The quantitative estimate of drug-likeness (QED) is 0.918. The van der Waals surface area contributed by atoms with Crippen LogP contribution in [0.1, 0.15) is 33.5 Å². The van der Waals surface area contributed by atoms with E-state index in [0.29, 0.717) is 36.3 Å². The number of nitrogens with zero attached hydrogens (tertiary/aromatic N) is 1. The summed E-state index contributed by atoms with van der Waals surface area (Å²) in [6, 6.07) is 14.9. The molecule has 0 heterocycles. The molecule has 0 atom stereocenters. The zero-order chi connectivity index (χ0) is 16.9. The summed E-state index contributed by atoms with van der Waals surface area (Å²) in [7, 11) is 0. The highest BCUT2D eigenvalue weighted by molar-refractivity contribution is 6.02. The molecule has 3 rings (SSSR count). The second-order valence-corrected chi connectivity index (χ2v) is 5.62. The molecule has 5 heteroatoms. The van der Waals surface area contributed by atoms with Gasteiger partial charge < -0.3 is 10.1 Å². The highest BCUT2D eigenvalue weighted by Crippen LogP contribution is 2.28. The first-order valence-electron chi connectivity index (χ1n) is 7.69. The van der Waals surface area contributed by atoms with Crippen LogP contribution in [-0.4, -0.2) is 18.3 Å². The summed E-state index contributed by atoms with van der Waals surface area (Å²) in [5.74, 6) is -0.280. The standard InChI is InChI=1S/C19H16N2O3/c20-10-15-8-16-14(6-7-18(16)22)9-17(15)21-19(23)12-24-11-13-4-2-1-3-5-13/h1-5,8-9H,6-7,11-12H2,(H,21,23). The number of amides is 1. The molecule has 1 N–H and O–H groups in total. The monoisotopic (exact) mass is 320 g/mol. The van der Waals surface area contributed by atoms with Crippen LogP contribution in [-0.2, 0) is 22.6 Å². The number of ether oxygens (including phenoxy) is 1. The molecule has 2 aromatic rings. The maximum atomic E-state index is 12.0. The lowest BCUT2D eigenvalue weighted by atomic mass is 10.0. The van der Waals surface area contributed by atoms with Gasteiger partial charge in [0.2, 0.25) is 5.91 Å². The SMILES string of the molecule is N#Cc1cc2c(cc1NC(=O)COCc1ccccc1)CCC2=O. The van der Waals surface area contributed by atoms with Crippen molar-refractivity contribution in [1.29, 1.82) is 5.26 Å². The summed E-state index contributed by atoms with van der Waals surface area (Å²) in [5, 5.41) is 11.9. The third-order valence-corrected chi connectivity index (χ3v) is 3.90. The number of benzene rings is 2. The van der Waals surface area contributed by atoms with Crippen molar-refractivity contribution in [3.8, 4) is 6.07 Å². The van der Waals surface area contributed by atoms with Crippen molar-refractivity contribution in [2.24, 2.45) is 0 Å². The molecule has 1 aliphatic rings. The number of fused-ring (bicyclic) bond motifs is 1. The van der Waals surface area contributed by atoms with Gasteiger partial charge >= 0.3 is 0 Å². The number of nitrogens with one attached hydrogen (secondary N) is 1. The predicted octanol–water partition coefficient (Wildman–Crippen LogP) is 2.84. The lowest BCUT2D eigenvalue weighted by Gasteiger charge is -2.10. The molecule has 0 unspecified atom stereocenters. The molecule has 24 heavy (non-hydrogen) atoms. The lowest BCUT2D eigenvalue weighted by molar-refractivity contribution is -0.121. The van der Waals surface area contributed by atoms with Gasteiger partial charge in [-0.3, -0.25) is 9.59 Å². The molecule has 0 spiro atoms. The Hall–Kier alpha value is -2.97. The highest BCUT2D eigenvalue weighted by Gasteiger charge is 2.22. The van der Waals surface area contributed by atoms with E-state index in [1.54, 1.807) is 12.1 Å². The highest BCUT2D eigenvalue weighted by atomic mass is 16.5. The fourth-order valence-electron chi connectivity index (χ4n) is 2.71. The molecule has 5 nitrogen and oxygen atoms in total. The van der Waals surface area contributed by atoms with E-state index in [-0.39, 0.29) is 18.3 Å². The Balaban J connectivity index is 1.62. The van der Waals surface area contributed by atoms with E-state index in [0.717, 1.165) is 11.1 Å². The Kier molecular flexibility index (Phi) is 4.69. The largest absolute Gasteiger partial charge is 0.367 e. The van der Waals surface area contributed by atoms with Gasteiger partial charge in [-0.2, -0.15) is 5.26 Å². The number of carbonyl (C=O) groups excluding carboxylic acids is 2. The maximum absolute atomic E-state index is 12.0. The van der Waals surface area contributed by atoms with Crippen LogP contribution in [0.5, 0.6) is 0 Å². The number of anilines is 1. The van der Waals surface area contributed by atoms with Crippen molar-refractivity contribution in [2.45, 2.75) is 19.4 Å². The number of hydrogen-bond acceptors (Lipinski definition) is 4. The van der Waals surface area contributed by atoms with Gasteiger partial charge in [-0.25, -0.2) is 0 Å². The van der Waals surface area contributed by atoms with Crippen LogP contribution in [0.2, 0.25) is 0 Å². The summed E-state index contributed by atoms with van der Waals surface area (Å²) in [6.07, 6.45) is 1.10. The van der Waals surface area contributed by atoms with Gasteiger partial charge in [0.1, 0.15) is 12.7 Å². The van der Waals surface area contributed by atoms with E-state index in [1.165, 1.54) is 0 Å². The predicted molar refractivity (Wildman–Crippen MR) is 88.5 cm³/mol. The third-order valence-electron chi connectivity index (χ3n) is 3.90. The van der Waals surface area contributed by atoms with Crippen molar-refractivity contribution < 1.29 is 14.3 Å². The Morgan fingerprint density at radius 1 is 1.21 bits per heavy atom. The average molecular weight is 320 g/mol. The molecule has 0 aliphatic heterocycles. The summed E-state index contributed by atoms with van der Waals surface area (Å²) in [4.78, 5) is 23.7. The van der Waals surface area contributed by atoms with Crippen molar-refractivity contribution in [2.75, 3.05) is 11.9 Å². The van der Waals surface area contributed by atoms with Gasteiger partial charge in [-0.15, -0.1) is 0 Å². The number of aryl methyl sites for hydroxylation is 1. The second kappa shape index (κ2) is 7.07. The van der Waals surface area contributed by atoms with Gasteiger partial charge in [-0.05, 0) is 29.7 Å². The van der Waals surface area contributed by atoms with E-state index in [9.17, 15) is 14.9 Å². The van der Waals surface area contributed by atoms with Crippen LogP contribution >= 0.6 is 0 Å². The number of nitriles is 1. The molecule has 2 aromatic carbocycles. The topological polar surface area (TPSA) is 79.2 Å². The second-order valence-electron chi connectivity index (χ2n) is 5.62. The Morgan fingerprint density at radius 3 is 2.75 bits per heavy atom. The summed E-state index contributed by atoms with van der Waals surface area (Å²) in [6.45, 7) is 0.244. The Bertz CT molecular complexity index is 822. The number of Topliss-reactive ketones (excluding diaryl/α,β-unsaturated/α-hetero) is 1. The first-order chi connectivity index (χ1) is 11.7. The van der Waals surface area contributed by atoms with E-state index < -0.39 is 0 Å². The molecule has 0 aromatic heterocycles. The summed E-state index contributed by atoms with van der Waals surface area (Å²) in [5.41, 5.74) is 3.17. The number of rotatable bonds is 5. The average Bonchev–Trinajstić information content (AvgIpc) is 2.95. The minimum atomic E-state index is -0.327. The molecule has 120 valence electrons. The first-order valence-corrected chi connectivity index (χ1v) is 7.69. The summed E-state index contributed by atoms with van der Waals surface area (Å²) >= 11 is 0. The Labute approximate surface area is 139 Å². The van der Waals surface area contributed by atoms with E-state index in [2.05, 4.69) is 5.32 Å². The van der Waals surface area contributed by atoms with Crippen LogP contribution in [0, 0.1) is 11.3 Å². The molecule has 0 radical (unpaired) electrons. The molecule has 0 bridgehead atoms. The molecule has 0 fully saturated rings. The van der Waals surface area contributed by atoms with E-state index in [1.807, 2.05) is 36.4 Å². The Morgan fingerprint density at radius 2 is 2.00 bits per heavy atom. The van der Waals surface area contributed by atoms with Gasteiger partial charge in [0.25, 0.3) is 0 Å². The van der Waals surface area contributed by atoms with Gasteiger partial charge in [-0.1, -0.05) is 30.3 Å². The molecule has 0 saturated carbocycles. The molecular formula is C19H16N2O3. The van der Waals surface area contributed by atoms with Crippen LogP contribution in [0.4, 0.5) is 5.69 Å². The fraction of sp³-hybridized carbons (Fsp3) is 0.211. The zero-order valence-electron chi connectivity index (χ0n) is 13.0. The number of hydrogen-bond donors (Lipinski definition) is 1. The third kappa shape index (κ3) is 3.50. The molecule has 1 aliphatic carbocycles.